The molecule has 2 fully saturated rings. The van der Waals surface area contributed by atoms with Crippen molar-refractivity contribution in [2.75, 3.05) is 31.5 Å². The molecule has 136 valence electrons. The van der Waals surface area contributed by atoms with Gasteiger partial charge < -0.3 is 15.5 Å². The first kappa shape index (κ1) is 17.7. The summed E-state index contributed by atoms with van der Waals surface area (Å²) in [4.78, 5) is 23.0. The maximum absolute atomic E-state index is 12.1. The molecule has 1 aromatic heterocycles. The first-order chi connectivity index (χ1) is 12.2. The summed E-state index contributed by atoms with van der Waals surface area (Å²) in [7, 11) is 0. The van der Waals surface area contributed by atoms with E-state index in [1.54, 1.807) is 18.5 Å². The average molecular weight is 343 g/mol. The minimum Gasteiger partial charge on any atom is -0.357 e. The molecule has 1 spiro atoms. The quantitative estimate of drug-likeness (QED) is 0.651. The SMILES string of the molecule is CCNC(=NCC(=O)Nc1cccnc1)N1CCC2(CCCCC2)C1. The molecule has 3 rings (SSSR count). The van der Waals surface area contributed by atoms with Crippen LogP contribution >= 0.6 is 0 Å². The Morgan fingerprint density at radius 2 is 2.16 bits per heavy atom. The number of carbonyl (C=O) groups is 1. The summed E-state index contributed by atoms with van der Waals surface area (Å²) in [5, 5.41) is 6.18. The zero-order valence-corrected chi connectivity index (χ0v) is 15.1. The van der Waals surface area contributed by atoms with Gasteiger partial charge in [-0.05, 0) is 43.7 Å². The molecule has 6 heteroatoms. The lowest BCUT2D eigenvalue weighted by Crippen LogP contribution is -2.42. The van der Waals surface area contributed by atoms with Crippen molar-refractivity contribution in [2.45, 2.75) is 45.4 Å². The minimum atomic E-state index is -0.116. The number of likely N-dealkylation sites (tertiary alicyclic amines) is 1. The Morgan fingerprint density at radius 1 is 1.32 bits per heavy atom. The topological polar surface area (TPSA) is 69.6 Å². The van der Waals surface area contributed by atoms with E-state index in [4.69, 9.17) is 0 Å². The largest absolute Gasteiger partial charge is 0.357 e. The Balaban J connectivity index is 1.58. The molecule has 0 unspecified atom stereocenters. The third-order valence-corrected chi connectivity index (χ3v) is 5.30. The maximum Gasteiger partial charge on any atom is 0.246 e. The molecular formula is C19H29N5O. The number of hydrogen-bond acceptors (Lipinski definition) is 3. The summed E-state index contributed by atoms with van der Waals surface area (Å²) < 4.78 is 0. The van der Waals surface area contributed by atoms with Crippen molar-refractivity contribution < 1.29 is 4.79 Å². The van der Waals surface area contributed by atoms with Crippen LogP contribution in [0.15, 0.2) is 29.5 Å². The van der Waals surface area contributed by atoms with E-state index in [-0.39, 0.29) is 12.5 Å². The Bertz CT molecular complexity index is 595. The van der Waals surface area contributed by atoms with Gasteiger partial charge >= 0.3 is 0 Å². The Labute approximate surface area is 150 Å². The van der Waals surface area contributed by atoms with E-state index in [1.807, 2.05) is 6.07 Å². The highest BCUT2D eigenvalue weighted by atomic mass is 16.1. The number of nitrogens with zero attached hydrogens (tertiary/aromatic N) is 3. The van der Waals surface area contributed by atoms with Crippen molar-refractivity contribution in [2.24, 2.45) is 10.4 Å². The van der Waals surface area contributed by atoms with Gasteiger partial charge in [-0.25, -0.2) is 4.99 Å². The fraction of sp³-hybridized carbons (Fsp3) is 0.632. The summed E-state index contributed by atoms with van der Waals surface area (Å²) in [6, 6.07) is 3.63. The molecule has 0 bridgehead atoms. The standard InChI is InChI=1S/C19H29N5O/c1-2-21-18(22-14-17(25)23-16-7-6-11-20-13-16)24-12-10-19(15-24)8-4-3-5-9-19/h6-7,11,13H,2-5,8-10,12,14-15H2,1H3,(H,21,22)(H,23,25). The number of amides is 1. The monoisotopic (exact) mass is 343 g/mol. The Hall–Kier alpha value is -2.11. The van der Waals surface area contributed by atoms with E-state index in [0.29, 0.717) is 11.1 Å². The zero-order valence-electron chi connectivity index (χ0n) is 15.1. The molecule has 2 aliphatic rings. The summed E-state index contributed by atoms with van der Waals surface area (Å²) >= 11 is 0. The highest BCUT2D eigenvalue weighted by molar-refractivity contribution is 5.94. The van der Waals surface area contributed by atoms with Crippen LogP contribution in [0.3, 0.4) is 0 Å². The first-order valence-electron chi connectivity index (χ1n) is 9.44. The second-order valence-electron chi connectivity index (χ2n) is 7.19. The number of nitrogens with one attached hydrogen (secondary N) is 2. The smallest absolute Gasteiger partial charge is 0.246 e. The minimum absolute atomic E-state index is 0.116. The van der Waals surface area contributed by atoms with Gasteiger partial charge in [-0.2, -0.15) is 0 Å². The second kappa shape index (κ2) is 8.32. The molecule has 1 amide bonds. The molecule has 1 aliphatic carbocycles. The third kappa shape index (κ3) is 4.71. The molecule has 0 radical (unpaired) electrons. The number of anilines is 1. The van der Waals surface area contributed by atoms with Crippen LogP contribution in [-0.4, -0.2) is 47.9 Å². The zero-order chi connectivity index (χ0) is 17.5. The first-order valence-corrected chi connectivity index (χ1v) is 9.44. The third-order valence-electron chi connectivity index (χ3n) is 5.30. The predicted molar refractivity (Wildman–Crippen MR) is 101 cm³/mol. The van der Waals surface area contributed by atoms with Crippen LogP contribution in [0, 0.1) is 5.41 Å². The number of aromatic nitrogens is 1. The van der Waals surface area contributed by atoms with Gasteiger partial charge in [0.2, 0.25) is 5.91 Å². The number of aliphatic imine (C=N–C) groups is 1. The molecule has 6 nitrogen and oxygen atoms in total. The van der Waals surface area contributed by atoms with E-state index in [2.05, 4.69) is 32.4 Å². The van der Waals surface area contributed by atoms with Gasteiger partial charge in [0, 0.05) is 25.8 Å². The van der Waals surface area contributed by atoms with Gasteiger partial charge in [0.25, 0.3) is 0 Å². The van der Waals surface area contributed by atoms with Gasteiger partial charge in [0.15, 0.2) is 5.96 Å². The maximum atomic E-state index is 12.1. The lowest BCUT2D eigenvalue weighted by Gasteiger charge is -2.33. The van der Waals surface area contributed by atoms with Crippen LogP contribution in [-0.2, 0) is 4.79 Å². The van der Waals surface area contributed by atoms with E-state index in [0.717, 1.165) is 25.6 Å². The van der Waals surface area contributed by atoms with Crippen molar-refractivity contribution in [3.05, 3.63) is 24.5 Å². The highest BCUT2D eigenvalue weighted by Gasteiger charge is 2.39. The summed E-state index contributed by atoms with van der Waals surface area (Å²) in [5.41, 5.74) is 1.18. The molecule has 1 saturated heterocycles. The van der Waals surface area contributed by atoms with Crippen LogP contribution in [0.4, 0.5) is 5.69 Å². The summed E-state index contributed by atoms with van der Waals surface area (Å²) in [5.74, 6) is 0.751. The highest BCUT2D eigenvalue weighted by Crippen LogP contribution is 2.43. The van der Waals surface area contributed by atoms with E-state index < -0.39 is 0 Å². The fourth-order valence-electron chi connectivity index (χ4n) is 4.04. The van der Waals surface area contributed by atoms with Crippen LogP contribution in [0.1, 0.15) is 45.4 Å². The van der Waals surface area contributed by atoms with Crippen molar-refractivity contribution >= 4 is 17.6 Å². The molecule has 1 saturated carbocycles. The summed E-state index contributed by atoms with van der Waals surface area (Å²) in [6.45, 7) is 5.12. The number of carbonyl (C=O) groups excluding carboxylic acids is 1. The number of rotatable bonds is 4. The van der Waals surface area contributed by atoms with Gasteiger partial charge in [0.1, 0.15) is 6.54 Å². The average Bonchev–Trinajstić information content (AvgIpc) is 3.03. The molecule has 25 heavy (non-hydrogen) atoms. The van der Waals surface area contributed by atoms with Crippen LogP contribution in [0.25, 0.3) is 0 Å². The van der Waals surface area contributed by atoms with Crippen LogP contribution < -0.4 is 10.6 Å². The summed E-state index contributed by atoms with van der Waals surface area (Å²) in [6.07, 6.45) is 11.3. The molecular weight excluding hydrogens is 314 g/mol. The van der Waals surface area contributed by atoms with Crippen LogP contribution in [0.5, 0.6) is 0 Å². The lowest BCUT2D eigenvalue weighted by molar-refractivity contribution is -0.114. The molecule has 2 heterocycles. The van der Waals surface area contributed by atoms with Gasteiger partial charge in [-0.1, -0.05) is 19.3 Å². The normalized spacial score (nSPS) is 19.9. The molecule has 2 N–H and O–H groups in total. The lowest BCUT2D eigenvalue weighted by atomic mass is 9.73. The molecule has 1 aromatic rings. The second-order valence-corrected chi connectivity index (χ2v) is 7.19. The van der Waals surface area contributed by atoms with Crippen molar-refractivity contribution in [3.8, 4) is 0 Å². The fourth-order valence-corrected chi connectivity index (χ4v) is 4.04. The molecule has 1 aliphatic heterocycles. The van der Waals surface area contributed by atoms with Gasteiger partial charge in [0.05, 0.1) is 11.9 Å². The van der Waals surface area contributed by atoms with Crippen molar-refractivity contribution in [1.29, 1.82) is 0 Å². The Morgan fingerprint density at radius 3 is 2.88 bits per heavy atom. The predicted octanol–water partition coefficient (Wildman–Crippen LogP) is 2.64. The molecule has 0 aromatic carbocycles. The molecule has 0 atom stereocenters. The van der Waals surface area contributed by atoms with Crippen LogP contribution in [0.2, 0.25) is 0 Å². The van der Waals surface area contributed by atoms with E-state index in [1.165, 1.54) is 38.5 Å². The Kier molecular flexibility index (Phi) is 5.89. The van der Waals surface area contributed by atoms with E-state index in [9.17, 15) is 4.79 Å². The van der Waals surface area contributed by atoms with Crippen molar-refractivity contribution in [1.82, 2.24) is 15.2 Å². The van der Waals surface area contributed by atoms with E-state index >= 15 is 0 Å². The van der Waals surface area contributed by atoms with Gasteiger partial charge in [-0.15, -0.1) is 0 Å². The number of hydrogen-bond donors (Lipinski definition) is 2. The number of pyridine rings is 1. The number of guanidine groups is 1. The van der Waals surface area contributed by atoms with Crippen molar-refractivity contribution in [3.63, 3.8) is 0 Å². The van der Waals surface area contributed by atoms with Gasteiger partial charge in [-0.3, -0.25) is 9.78 Å².